The van der Waals surface area contributed by atoms with Gasteiger partial charge in [-0.2, -0.15) is 29.8 Å². The van der Waals surface area contributed by atoms with Gasteiger partial charge < -0.3 is 38.2 Å². The molecule has 2 unspecified atom stereocenters. The van der Waals surface area contributed by atoms with Gasteiger partial charge in [0.1, 0.15) is 6.61 Å². The molecule has 3 aliphatic rings. The van der Waals surface area contributed by atoms with E-state index in [1.807, 2.05) is 35.5 Å². The molecule has 5 rings (SSSR count). The molecular formula is C45H62N3O19S3+. The van der Waals surface area contributed by atoms with Crippen molar-refractivity contribution < 1.29 is 91.1 Å². The number of amides is 2. The molecule has 2 aromatic rings. The highest BCUT2D eigenvalue weighted by molar-refractivity contribution is 7.86. The average Bonchev–Trinajstić information content (AvgIpc) is 3.82. The summed E-state index contributed by atoms with van der Waals surface area (Å²) in [6.07, 6.45) is 5.74. The summed E-state index contributed by atoms with van der Waals surface area (Å²) in [5, 5.41) is 0.475. The third kappa shape index (κ3) is 14.6. The van der Waals surface area contributed by atoms with E-state index < -0.39 is 64.7 Å². The van der Waals surface area contributed by atoms with E-state index in [-0.39, 0.29) is 108 Å². The number of anilines is 1. The lowest BCUT2D eigenvalue weighted by Gasteiger charge is -2.30. The molecule has 3 aliphatic heterocycles. The van der Waals surface area contributed by atoms with Crippen molar-refractivity contribution in [3.63, 3.8) is 0 Å². The number of allylic oxidation sites excluding steroid dienone is 4. The maximum Gasteiger partial charge on any atom is 0.335 e. The summed E-state index contributed by atoms with van der Waals surface area (Å²) < 4.78 is 139. The van der Waals surface area contributed by atoms with Crippen LogP contribution in [0.2, 0.25) is 0 Å². The lowest BCUT2D eigenvalue weighted by molar-refractivity contribution is -0.442. The van der Waals surface area contributed by atoms with E-state index in [1.54, 1.807) is 25.3 Å². The summed E-state index contributed by atoms with van der Waals surface area (Å²) in [4.78, 5) is 41.4. The minimum Gasteiger partial charge on any atom is -0.385 e. The Morgan fingerprint density at radius 2 is 1.29 bits per heavy atom. The number of hydrogen-bond donors (Lipinski definition) is 3. The number of rotatable bonds is 30. The highest BCUT2D eigenvalue weighted by Gasteiger charge is 2.48. The standard InChI is InChI=1S/C45H61N3O19S3/c1-44(16-6-30-68(52,53)54)35-31-33(69(55,56)57)9-11-37(35)46(18-22-64-25-24-62-4)39(44)7-5-8-40-45(2,17-21-61-3)36-32-34(70(58,59)60)10-12-38(36)47(40)19-23-65-27-29-66-28-26-63-20-15-43(51)67-48-41(49)13-14-42(48)50/h5,7-12,31-32H,6,13-30H2,1-4H3,(H2-,52,53,54,55,56,57,58,59,60)/p+1. The Labute approximate surface area is 408 Å². The van der Waals surface area contributed by atoms with Crippen LogP contribution in [-0.2, 0) is 88.8 Å². The van der Waals surface area contributed by atoms with Crippen molar-refractivity contribution in [1.82, 2.24) is 5.06 Å². The Morgan fingerprint density at radius 1 is 0.714 bits per heavy atom. The lowest BCUT2D eigenvalue weighted by Crippen LogP contribution is -2.33. The zero-order chi connectivity index (χ0) is 51.3. The third-order valence-corrected chi connectivity index (χ3v) is 14.7. The average molecular weight is 1050 g/mol. The Morgan fingerprint density at radius 3 is 1.90 bits per heavy atom. The van der Waals surface area contributed by atoms with Crippen molar-refractivity contribution in [1.29, 1.82) is 0 Å². The van der Waals surface area contributed by atoms with E-state index in [9.17, 15) is 53.3 Å². The third-order valence-electron chi connectivity index (χ3n) is 12.2. The minimum absolute atomic E-state index is 0.00669. The Balaban J connectivity index is 1.39. The number of nitrogens with zero attached hydrogens (tertiary/aromatic N) is 3. The molecule has 0 bridgehead atoms. The molecule has 0 aliphatic carbocycles. The quantitative estimate of drug-likeness (QED) is 0.0438. The number of carbonyl (C=O) groups excluding carboxylic acids is 3. The molecule has 388 valence electrons. The van der Waals surface area contributed by atoms with E-state index in [4.69, 9.17) is 33.3 Å². The van der Waals surface area contributed by atoms with Crippen LogP contribution in [0, 0.1) is 0 Å². The normalized spacial score (nSPS) is 20.1. The van der Waals surface area contributed by atoms with Crippen LogP contribution in [-0.4, -0.2) is 171 Å². The first-order valence-electron chi connectivity index (χ1n) is 22.4. The molecule has 2 atom stereocenters. The van der Waals surface area contributed by atoms with Crippen LogP contribution >= 0.6 is 0 Å². The summed E-state index contributed by atoms with van der Waals surface area (Å²) in [5.74, 6) is -2.48. The second kappa shape index (κ2) is 24.7. The van der Waals surface area contributed by atoms with Crippen molar-refractivity contribution in [3.8, 4) is 0 Å². The number of benzene rings is 2. The number of imide groups is 1. The van der Waals surface area contributed by atoms with E-state index in [0.717, 1.165) is 0 Å². The Bertz CT molecular complexity index is 2640. The number of hydroxylamine groups is 2. The van der Waals surface area contributed by atoms with Gasteiger partial charge in [0.25, 0.3) is 42.2 Å². The van der Waals surface area contributed by atoms with E-state index >= 15 is 0 Å². The van der Waals surface area contributed by atoms with Crippen molar-refractivity contribution in [2.45, 2.75) is 73.0 Å². The monoisotopic (exact) mass is 1040 g/mol. The van der Waals surface area contributed by atoms with Gasteiger partial charge in [0, 0.05) is 74.7 Å². The van der Waals surface area contributed by atoms with Crippen LogP contribution in [0.15, 0.2) is 70.1 Å². The Kier molecular flexibility index (Phi) is 19.9. The summed E-state index contributed by atoms with van der Waals surface area (Å²) in [5.41, 5.74) is 1.67. The van der Waals surface area contributed by atoms with Gasteiger partial charge in [-0.05, 0) is 75.1 Å². The maximum atomic E-state index is 12.4. The first-order valence-corrected chi connectivity index (χ1v) is 26.9. The largest absolute Gasteiger partial charge is 0.385 e. The highest BCUT2D eigenvalue weighted by Crippen LogP contribution is 2.51. The molecule has 1 fully saturated rings. The molecular weight excluding hydrogens is 983 g/mol. The predicted octanol–water partition coefficient (Wildman–Crippen LogP) is 3.17. The lowest BCUT2D eigenvalue weighted by atomic mass is 9.75. The molecule has 0 saturated carbocycles. The fourth-order valence-electron chi connectivity index (χ4n) is 8.60. The fourth-order valence-corrected chi connectivity index (χ4v) is 10.1. The summed E-state index contributed by atoms with van der Waals surface area (Å²) in [6, 6.07) is 8.53. The summed E-state index contributed by atoms with van der Waals surface area (Å²) >= 11 is 0. The number of carbonyl (C=O) groups is 3. The van der Waals surface area contributed by atoms with Gasteiger partial charge in [-0.25, -0.2) is 4.79 Å². The fraction of sp³-hybridized carbons (Fsp3) is 0.556. The van der Waals surface area contributed by atoms with Crippen LogP contribution in [0.25, 0.3) is 0 Å². The molecule has 22 nitrogen and oxygen atoms in total. The predicted molar refractivity (Wildman–Crippen MR) is 251 cm³/mol. The molecule has 2 aromatic carbocycles. The summed E-state index contributed by atoms with van der Waals surface area (Å²) in [6.45, 7) is 6.25. The number of ether oxygens (including phenoxy) is 6. The first-order chi connectivity index (χ1) is 33.0. The van der Waals surface area contributed by atoms with E-state index in [0.29, 0.717) is 58.6 Å². The van der Waals surface area contributed by atoms with Crippen molar-refractivity contribution in [2.75, 3.05) is 104 Å². The van der Waals surface area contributed by atoms with Crippen molar-refractivity contribution >= 4 is 65.2 Å². The van der Waals surface area contributed by atoms with Gasteiger partial charge in [-0.1, -0.05) is 6.08 Å². The molecule has 25 heteroatoms. The molecule has 2 amide bonds. The highest BCUT2D eigenvalue weighted by atomic mass is 32.2. The number of fused-ring (bicyclic) bond motifs is 2. The van der Waals surface area contributed by atoms with Crippen molar-refractivity contribution in [2.24, 2.45) is 0 Å². The molecule has 1 saturated heterocycles. The molecule has 70 heavy (non-hydrogen) atoms. The van der Waals surface area contributed by atoms with Gasteiger partial charge in [-0.15, -0.1) is 5.06 Å². The molecule has 3 N–H and O–H groups in total. The van der Waals surface area contributed by atoms with Crippen LogP contribution in [0.3, 0.4) is 0 Å². The summed E-state index contributed by atoms with van der Waals surface area (Å²) in [7, 11) is -10.5. The number of hydrogen-bond acceptors (Lipinski definition) is 17. The van der Waals surface area contributed by atoms with Crippen LogP contribution in [0.5, 0.6) is 0 Å². The van der Waals surface area contributed by atoms with Crippen LogP contribution in [0.1, 0.15) is 63.5 Å². The van der Waals surface area contributed by atoms with Crippen LogP contribution < -0.4 is 4.90 Å². The second-order valence-electron chi connectivity index (χ2n) is 16.9. The smallest absolute Gasteiger partial charge is 0.335 e. The zero-order valence-electron chi connectivity index (χ0n) is 39.6. The molecule has 0 aromatic heterocycles. The van der Waals surface area contributed by atoms with Crippen molar-refractivity contribution in [3.05, 3.63) is 71.5 Å². The van der Waals surface area contributed by atoms with Gasteiger partial charge in [-0.3, -0.25) is 23.2 Å². The first kappa shape index (κ1) is 56.4. The second-order valence-corrected chi connectivity index (χ2v) is 21.4. The van der Waals surface area contributed by atoms with E-state index in [2.05, 4.69) is 0 Å². The maximum absolute atomic E-state index is 12.4. The van der Waals surface area contributed by atoms with Gasteiger partial charge in [0.05, 0.1) is 80.2 Å². The molecule has 3 heterocycles. The zero-order valence-corrected chi connectivity index (χ0v) is 42.0. The minimum atomic E-state index is -4.65. The van der Waals surface area contributed by atoms with Crippen LogP contribution in [0.4, 0.5) is 11.4 Å². The van der Waals surface area contributed by atoms with E-state index in [1.165, 1.54) is 31.4 Å². The SMILES string of the molecule is COCCOCC[N+]1=C(/C=C/C=C2/N(CCOCCOCCOCCC(=O)ON3C(=O)CCC3=O)c3ccc(S(=O)(=O)O)cc3C2(C)CCOC)C(C)(CCCS(=O)(=O)O)c2cc(S(=O)(=O)O)ccc21. The topological polar surface area (TPSA) is 288 Å². The van der Waals surface area contributed by atoms with Gasteiger partial charge >= 0.3 is 5.97 Å². The number of methoxy groups -OCH3 is 2. The Hall–Kier alpha value is -4.51. The molecule has 0 radical (unpaired) electrons. The van der Waals surface area contributed by atoms with Gasteiger partial charge in [0.2, 0.25) is 5.69 Å². The molecule has 0 spiro atoms. The van der Waals surface area contributed by atoms with Gasteiger partial charge in [0.15, 0.2) is 12.3 Å².